The van der Waals surface area contributed by atoms with Crippen molar-refractivity contribution in [3.05, 3.63) is 35.8 Å². The van der Waals surface area contributed by atoms with Crippen molar-refractivity contribution < 1.29 is 18.7 Å². The maximum Gasteiger partial charge on any atom is 0.262 e. The van der Waals surface area contributed by atoms with Crippen molar-refractivity contribution in [1.82, 2.24) is 10.2 Å². The fourth-order valence-electron chi connectivity index (χ4n) is 3.08. The van der Waals surface area contributed by atoms with E-state index in [0.717, 1.165) is 0 Å². The number of carbonyl (C=O) groups excluding carboxylic acids is 2. The van der Waals surface area contributed by atoms with Gasteiger partial charge in [0.1, 0.15) is 28.6 Å². The maximum absolute atomic E-state index is 14.1. The van der Waals surface area contributed by atoms with Crippen LogP contribution in [0.1, 0.15) is 23.2 Å². The van der Waals surface area contributed by atoms with E-state index in [-0.39, 0.29) is 23.1 Å². The number of anilines is 2. The van der Waals surface area contributed by atoms with Crippen LogP contribution in [0.4, 0.5) is 15.9 Å². The van der Waals surface area contributed by atoms with E-state index in [1.54, 1.807) is 0 Å². The van der Waals surface area contributed by atoms with Gasteiger partial charge in [0.05, 0.1) is 13.3 Å². The van der Waals surface area contributed by atoms with Crippen molar-refractivity contribution in [2.45, 2.75) is 12.8 Å². The van der Waals surface area contributed by atoms with Gasteiger partial charge in [-0.2, -0.15) is 5.10 Å². The SMILES string of the molecule is COc1cccc(F)c1C(=O)Nc1cn[nH]c1N1CCC(C(N)=O)CC1. The van der Waals surface area contributed by atoms with Gasteiger partial charge < -0.3 is 20.7 Å². The van der Waals surface area contributed by atoms with E-state index in [9.17, 15) is 14.0 Å². The molecule has 0 unspecified atom stereocenters. The minimum absolute atomic E-state index is 0.144. The normalized spacial score (nSPS) is 14.9. The van der Waals surface area contributed by atoms with Gasteiger partial charge in [0.25, 0.3) is 5.91 Å². The van der Waals surface area contributed by atoms with Crippen molar-refractivity contribution >= 4 is 23.3 Å². The molecule has 0 aliphatic carbocycles. The van der Waals surface area contributed by atoms with Gasteiger partial charge >= 0.3 is 0 Å². The van der Waals surface area contributed by atoms with Crippen LogP contribution < -0.4 is 20.7 Å². The number of aromatic amines is 1. The highest BCUT2D eigenvalue weighted by Gasteiger charge is 2.26. The molecule has 138 valence electrons. The molecule has 1 aromatic heterocycles. The number of H-pyrrole nitrogens is 1. The highest BCUT2D eigenvalue weighted by atomic mass is 19.1. The van der Waals surface area contributed by atoms with Gasteiger partial charge in [-0.1, -0.05) is 6.07 Å². The van der Waals surface area contributed by atoms with Crippen molar-refractivity contribution in [1.29, 1.82) is 0 Å². The lowest BCUT2D eigenvalue weighted by Crippen LogP contribution is -2.39. The largest absolute Gasteiger partial charge is 0.496 e. The molecule has 3 rings (SSSR count). The van der Waals surface area contributed by atoms with Crippen LogP contribution in [0.3, 0.4) is 0 Å². The first-order chi connectivity index (χ1) is 12.5. The average Bonchev–Trinajstić information content (AvgIpc) is 3.09. The van der Waals surface area contributed by atoms with Crippen LogP contribution in [-0.4, -0.2) is 42.2 Å². The second-order valence-electron chi connectivity index (χ2n) is 6.07. The van der Waals surface area contributed by atoms with Gasteiger partial charge in [-0.15, -0.1) is 0 Å². The molecule has 0 bridgehead atoms. The summed E-state index contributed by atoms with van der Waals surface area (Å²) in [6, 6.07) is 4.18. The summed E-state index contributed by atoms with van der Waals surface area (Å²) in [5, 5.41) is 9.47. The van der Waals surface area contributed by atoms with E-state index in [1.165, 1.54) is 31.5 Å². The molecule has 0 spiro atoms. The third-order valence-electron chi connectivity index (χ3n) is 4.50. The van der Waals surface area contributed by atoms with Crippen LogP contribution in [0, 0.1) is 11.7 Å². The fraction of sp³-hybridized carbons (Fsp3) is 0.353. The fourth-order valence-corrected chi connectivity index (χ4v) is 3.08. The van der Waals surface area contributed by atoms with Crippen molar-refractivity contribution in [2.24, 2.45) is 11.7 Å². The molecule has 2 aromatic rings. The number of aromatic nitrogens is 2. The van der Waals surface area contributed by atoms with Gasteiger partial charge in [0.2, 0.25) is 5.91 Å². The number of halogens is 1. The molecule has 0 atom stereocenters. The summed E-state index contributed by atoms with van der Waals surface area (Å²) in [6.45, 7) is 1.20. The van der Waals surface area contributed by atoms with E-state index >= 15 is 0 Å². The zero-order valence-electron chi connectivity index (χ0n) is 14.3. The summed E-state index contributed by atoms with van der Waals surface area (Å²) in [7, 11) is 1.37. The Bertz CT molecular complexity index is 814. The Labute approximate surface area is 149 Å². The number of piperidine rings is 1. The predicted molar refractivity (Wildman–Crippen MR) is 93.6 cm³/mol. The molecule has 2 heterocycles. The summed E-state index contributed by atoms with van der Waals surface area (Å²) in [6.07, 6.45) is 2.71. The Morgan fingerprint density at radius 2 is 2.12 bits per heavy atom. The van der Waals surface area contributed by atoms with Crippen molar-refractivity contribution in [3.63, 3.8) is 0 Å². The molecule has 1 fully saturated rings. The first-order valence-electron chi connectivity index (χ1n) is 8.22. The topological polar surface area (TPSA) is 113 Å². The van der Waals surface area contributed by atoms with E-state index < -0.39 is 11.7 Å². The molecular formula is C17H20FN5O3. The van der Waals surface area contributed by atoms with Gasteiger partial charge in [-0.3, -0.25) is 14.7 Å². The number of hydrogen-bond acceptors (Lipinski definition) is 5. The number of carbonyl (C=O) groups is 2. The molecule has 26 heavy (non-hydrogen) atoms. The predicted octanol–water partition coefficient (Wildman–Crippen LogP) is 1.51. The Morgan fingerprint density at radius 3 is 2.77 bits per heavy atom. The summed E-state index contributed by atoms with van der Waals surface area (Å²) in [5.41, 5.74) is 5.61. The second-order valence-corrected chi connectivity index (χ2v) is 6.07. The maximum atomic E-state index is 14.1. The van der Waals surface area contributed by atoms with Gasteiger partial charge in [-0.25, -0.2) is 4.39 Å². The number of nitrogens with zero attached hydrogens (tertiary/aromatic N) is 2. The lowest BCUT2D eigenvalue weighted by molar-refractivity contribution is -0.122. The number of ether oxygens (including phenoxy) is 1. The van der Waals surface area contributed by atoms with Crippen LogP contribution in [0.5, 0.6) is 5.75 Å². The highest BCUT2D eigenvalue weighted by molar-refractivity contribution is 6.07. The third kappa shape index (κ3) is 3.46. The monoisotopic (exact) mass is 361 g/mol. The zero-order valence-corrected chi connectivity index (χ0v) is 14.3. The first kappa shape index (κ1) is 17.7. The Balaban J connectivity index is 1.76. The number of nitrogens with two attached hydrogens (primary N) is 1. The van der Waals surface area contributed by atoms with E-state index in [4.69, 9.17) is 10.5 Å². The number of primary amides is 1. The Morgan fingerprint density at radius 1 is 1.38 bits per heavy atom. The highest BCUT2D eigenvalue weighted by Crippen LogP contribution is 2.29. The van der Waals surface area contributed by atoms with Crippen molar-refractivity contribution in [3.8, 4) is 5.75 Å². The number of hydrogen-bond donors (Lipinski definition) is 3. The van der Waals surface area contributed by atoms with Gasteiger partial charge in [0, 0.05) is 19.0 Å². The molecule has 0 saturated carbocycles. The first-order valence-corrected chi connectivity index (χ1v) is 8.22. The average molecular weight is 361 g/mol. The van der Waals surface area contributed by atoms with Gasteiger partial charge in [0.15, 0.2) is 0 Å². The molecule has 2 amide bonds. The molecule has 1 aliphatic heterocycles. The summed E-state index contributed by atoms with van der Waals surface area (Å²) < 4.78 is 19.1. The molecule has 0 radical (unpaired) electrons. The summed E-state index contributed by atoms with van der Waals surface area (Å²) in [5.74, 6) is -0.987. The smallest absolute Gasteiger partial charge is 0.262 e. The lowest BCUT2D eigenvalue weighted by Gasteiger charge is -2.31. The second kappa shape index (κ2) is 7.42. The van der Waals surface area contributed by atoms with Gasteiger partial charge in [-0.05, 0) is 25.0 Å². The Kier molecular flexibility index (Phi) is 5.06. The molecule has 8 nitrogen and oxygen atoms in total. The minimum atomic E-state index is -0.672. The molecular weight excluding hydrogens is 341 g/mol. The van der Waals surface area contributed by atoms with Crippen LogP contribution in [0.2, 0.25) is 0 Å². The number of nitrogens with one attached hydrogen (secondary N) is 2. The van der Waals surface area contributed by atoms with Crippen molar-refractivity contribution in [2.75, 3.05) is 30.4 Å². The van der Waals surface area contributed by atoms with Crippen LogP contribution in [0.15, 0.2) is 24.4 Å². The zero-order chi connectivity index (χ0) is 18.7. The van der Waals surface area contributed by atoms with E-state index in [2.05, 4.69) is 15.5 Å². The molecule has 1 saturated heterocycles. The number of rotatable bonds is 5. The van der Waals surface area contributed by atoms with Crippen LogP contribution in [0.25, 0.3) is 0 Å². The molecule has 4 N–H and O–H groups in total. The van der Waals surface area contributed by atoms with Crippen LogP contribution in [-0.2, 0) is 4.79 Å². The van der Waals surface area contributed by atoms with E-state index in [1.807, 2.05) is 4.90 Å². The van der Waals surface area contributed by atoms with Crippen LogP contribution >= 0.6 is 0 Å². The Hall–Kier alpha value is -3.10. The molecule has 1 aliphatic rings. The minimum Gasteiger partial charge on any atom is -0.496 e. The van der Waals surface area contributed by atoms with E-state index in [0.29, 0.717) is 37.4 Å². The lowest BCUT2D eigenvalue weighted by atomic mass is 9.96. The number of methoxy groups -OCH3 is 1. The third-order valence-corrected chi connectivity index (χ3v) is 4.50. The standard InChI is InChI=1S/C17H20FN5O3/c1-26-13-4-2-3-11(18)14(13)17(25)21-12-9-20-22-16(12)23-7-5-10(6-8-23)15(19)24/h2-4,9-10H,5-8H2,1H3,(H2,19,24)(H,20,22)(H,21,25). The quantitative estimate of drug-likeness (QED) is 0.747. The summed E-state index contributed by atoms with van der Waals surface area (Å²) >= 11 is 0. The summed E-state index contributed by atoms with van der Waals surface area (Å²) in [4.78, 5) is 25.8. The molecule has 1 aromatic carbocycles. The number of amides is 2. The molecule has 9 heteroatoms. The number of benzene rings is 1.